The van der Waals surface area contributed by atoms with Crippen molar-refractivity contribution in [3.8, 4) is 11.4 Å². The molecule has 0 spiro atoms. The second kappa shape index (κ2) is 8.05. The SMILES string of the molecule is CSCC(=O)N1CCN(c2nc(-c3cccnc3)nc3sc(C)c(C)c23)CC1. The summed E-state index contributed by atoms with van der Waals surface area (Å²) >= 11 is 3.29. The highest BCUT2D eigenvalue weighted by Gasteiger charge is 2.25. The Hall–Kier alpha value is -2.19. The number of aromatic nitrogens is 3. The van der Waals surface area contributed by atoms with Crippen LogP contribution in [0, 0.1) is 13.8 Å². The number of aryl methyl sites for hydroxylation is 2. The van der Waals surface area contributed by atoms with Gasteiger partial charge in [0.25, 0.3) is 0 Å². The molecule has 1 amide bonds. The molecule has 4 rings (SSSR count). The zero-order valence-corrected chi connectivity index (χ0v) is 17.9. The molecule has 8 heteroatoms. The van der Waals surface area contributed by atoms with Crippen LogP contribution < -0.4 is 4.90 Å². The molecule has 0 N–H and O–H groups in total. The molecule has 28 heavy (non-hydrogen) atoms. The van der Waals surface area contributed by atoms with Gasteiger partial charge in [-0.3, -0.25) is 9.78 Å². The molecule has 1 fully saturated rings. The molecule has 0 radical (unpaired) electrons. The second-order valence-electron chi connectivity index (χ2n) is 6.88. The lowest BCUT2D eigenvalue weighted by Gasteiger charge is -2.35. The fraction of sp³-hybridized carbons (Fsp3) is 0.400. The molecular formula is C20H23N5OS2. The maximum absolute atomic E-state index is 12.2. The smallest absolute Gasteiger partial charge is 0.232 e. The van der Waals surface area contributed by atoms with Gasteiger partial charge in [-0.15, -0.1) is 11.3 Å². The first kappa shape index (κ1) is 19.1. The molecule has 146 valence electrons. The number of nitrogens with zero attached hydrogens (tertiary/aromatic N) is 5. The van der Waals surface area contributed by atoms with Gasteiger partial charge in [-0.2, -0.15) is 11.8 Å². The lowest BCUT2D eigenvalue weighted by Crippen LogP contribution is -2.49. The molecule has 1 aliphatic rings. The first-order valence-corrected chi connectivity index (χ1v) is 11.5. The molecule has 4 heterocycles. The Morgan fingerprint density at radius 3 is 2.68 bits per heavy atom. The predicted octanol–water partition coefficient (Wildman–Crippen LogP) is 3.38. The maximum atomic E-state index is 12.2. The molecule has 3 aromatic rings. The van der Waals surface area contributed by atoms with Gasteiger partial charge in [-0.1, -0.05) is 0 Å². The average molecular weight is 414 g/mol. The Labute approximate surface area is 173 Å². The topological polar surface area (TPSA) is 62.2 Å². The van der Waals surface area contributed by atoms with E-state index in [1.807, 2.05) is 23.3 Å². The van der Waals surface area contributed by atoms with E-state index in [2.05, 4.69) is 23.7 Å². The fourth-order valence-electron chi connectivity index (χ4n) is 3.46. The molecule has 0 atom stereocenters. The van der Waals surface area contributed by atoms with Crippen LogP contribution in [-0.4, -0.2) is 63.9 Å². The molecule has 0 aromatic carbocycles. The Morgan fingerprint density at radius 1 is 1.21 bits per heavy atom. The minimum Gasteiger partial charge on any atom is -0.352 e. The van der Waals surface area contributed by atoms with Crippen LogP contribution in [0.3, 0.4) is 0 Å². The highest BCUT2D eigenvalue weighted by molar-refractivity contribution is 7.99. The minimum atomic E-state index is 0.221. The van der Waals surface area contributed by atoms with Gasteiger partial charge in [-0.05, 0) is 37.8 Å². The number of hydrogen-bond acceptors (Lipinski definition) is 7. The van der Waals surface area contributed by atoms with Crippen molar-refractivity contribution in [1.82, 2.24) is 19.9 Å². The summed E-state index contributed by atoms with van der Waals surface area (Å²) in [5.74, 6) is 2.45. The van der Waals surface area contributed by atoms with Crippen LogP contribution in [0.25, 0.3) is 21.6 Å². The number of pyridine rings is 1. The average Bonchev–Trinajstić information content (AvgIpc) is 3.02. The van der Waals surface area contributed by atoms with Crippen molar-refractivity contribution < 1.29 is 4.79 Å². The molecule has 3 aromatic heterocycles. The Morgan fingerprint density at radius 2 is 2.00 bits per heavy atom. The Kier molecular flexibility index (Phi) is 5.50. The summed E-state index contributed by atoms with van der Waals surface area (Å²) in [7, 11) is 0. The van der Waals surface area contributed by atoms with Crippen molar-refractivity contribution in [2.75, 3.05) is 43.1 Å². The number of fused-ring (bicyclic) bond motifs is 1. The minimum absolute atomic E-state index is 0.221. The second-order valence-corrected chi connectivity index (χ2v) is 8.95. The Bertz CT molecular complexity index is 997. The van der Waals surface area contributed by atoms with E-state index in [0.29, 0.717) is 11.6 Å². The van der Waals surface area contributed by atoms with Crippen molar-refractivity contribution in [3.05, 3.63) is 35.0 Å². The van der Waals surface area contributed by atoms with Crippen molar-refractivity contribution in [3.63, 3.8) is 0 Å². The number of carbonyl (C=O) groups is 1. The van der Waals surface area contributed by atoms with Crippen LogP contribution in [-0.2, 0) is 4.79 Å². The molecule has 6 nitrogen and oxygen atoms in total. The molecule has 0 saturated carbocycles. The molecule has 1 aliphatic heterocycles. The summed E-state index contributed by atoms with van der Waals surface area (Å²) in [6.45, 7) is 7.31. The lowest BCUT2D eigenvalue weighted by molar-refractivity contribution is -0.128. The van der Waals surface area contributed by atoms with E-state index >= 15 is 0 Å². The fourth-order valence-corrected chi connectivity index (χ4v) is 4.92. The lowest BCUT2D eigenvalue weighted by atomic mass is 10.1. The summed E-state index contributed by atoms with van der Waals surface area (Å²) in [6.07, 6.45) is 5.53. The highest BCUT2D eigenvalue weighted by atomic mass is 32.2. The van der Waals surface area contributed by atoms with Crippen molar-refractivity contribution >= 4 is 45.0 Å². The molecule has 0 bridgehead atoms. The number of thiophene rings is 1. The summed E-state index contributed by atoms with van der Waals surface area (Å²) in [6, 6.07) is 3.90. The van der Waals surface area contributed by atoms with E-state index < -0.39 is 0 Å². The van der Waals surface area contributed by atoms with E-state index in [4.69, 9.17) is 9.97 Å². The summed E-state index contributed by atoms with van der Waals surface area (Å²) < 4.78 is 0. The van der Waals surface area contributed by atoms with Crippen LogP contribution in [0.1, 0.15) is 10.4 Å². The summed E-state index contributed by atoms with van der Waals surface area (Å²) in [5.41, 5.74) is 2.16. The van der Waals surface area contributed by atoms with Crippen LogP contribution in [0.5, 0.6) is 0 Å². The van der Waals surface area contributed by atoms with Crippen LogP contribution in [0.4, 0.5) is 5.82 Å². The number of anilines is 1. The number of thioether (sulfide) groups is 1. The number of rotatable bonds is 4. The number of amides is 1. The Balaban J connectivity index is 1.71. The third kappa shape index (κ3) is 3.58. The van der Waals surface area contributed by atoms with Crippen LogP contribution in [0.2, 0.25) is 0 Å². The molecule has 0 aliphatic carbocycles. The monoisotopic (exact) mass is 413 g/mol. The normalized spacial score (nSPS) is 14.7. The van der Waals surface area contributed by atoms with E-state index in [1.54, 1.807) is 35.5 Å². The van der Waals surface area contributed by atoms with Crippen LogP contribution >= 0.6 is 23.1 Å². The zero-order valence-electron chi connectivity index (χ0n) is 16.3. The van der Waals surface area contributed by atoms with Gasteiger partial charge < -0.3 is 9.80 Å². The van der Waals surface area contributed by atoms with Gasteiger partial charge in [-0.25, -0.2) is 9.97 Å². The third-order valence-corrected chi connectivity index (χ3v) is 6.77. The van der Waals surface area contributed by atoms with E-state index in [1.165, 1.54) is 10.4 Å². The van der Waals surface area contributed by atoms with E-state index in [-0.39, 0.29) is 5.91 Å². The zero-order chi connectivity index (χ0) is 19.7. The molecule has 1 saturated heterocycles. The van der Waals surface area contributed by atoms with Crippen molar-refractivity contribution in [2.24, 2.45) is 0 Å². The van der Waals surface area contributed by atoms with Gasteiger partial charge in [0.05, 0.1) is 11.1 Å². The quantitative estimate of drug-likeness (QED) is 0.653. The summed E-state index contributed by atoms with van der Waals surface area (Å²) in [5, 5.41) is 1.14. The number of piperazine rings is 1. The largest absolute Gasteiger partial charge is 0.352 e. The number of hydrogen-bond donors (Lipinski definition) is 0. The first-order valence-electron chi connectivity index (χ1n) is 9.28. The van der Waals surface area contributed by atoms with E-state index in [9.17, 15) is 4.79 Å². The first-order chi connectivity index (χ1) is 13.6. The van der Waals surface area contributed by atoms with Crippen LogP contribution in [0.15, 0.2) is 24.5 Å². The molecule has 0 unspecified atom stereocenters. The third-order valence-electron chi connectivity index (χ3n) is 5.13. The molecular weight excluding hydrogens is 390 g/mol. The van der Waals surface area contributed by atoms with Gasteiger partial charge in [0.1, 0.15) is 10.6 Å². The van der Waals surface area contributed by atoms with Gasteiger partial charge >= 0.3 is 0 Å². The standard InChI is InChI=1S/C20H23N5OS2/c1-13-14(2)28-20-17(13)19(22-18(23-20)15-5-4-6-21-11-15)25-9-7-24(8-10-25)16(26)12-27-3/h4-6,11H,7-10,12H2,1-3H3. The highest BCUT2D eigenvalue weighted by Crippen LogP contribution is 2.36. The predicted molar refractivity (Wildman–Crippen MR) is 117 cm³/mol. The van der Waals surface area contributed by atoms with Gasteiger partial charge in [0.15, 0.2) is 5.82 Å². The van der Waals surface area contributed by atoms with Crippen molar-refractivity contribution in [2.45, 2.75) is 13.8 Å². The van der Waals surface area contributed by atoms with Gasteiger partial charge in [0.2, 0.25) is 5.91 Å². The summed E-state index contributed by atoms with van der Waals surface area (Å²) in [4.78, 5) is 32.7. The maximum Gasteiger partial charge on any atom is 0.232 e. The van der Waals surface area contributed by atoms with Crippen molar-refractivity contribution in [1.29, 1.82) is 0 Å². The number of carbonyl (C=O) groups excluding carboxylic acids is 1. The van der Waals surface area contributed by atoms with Gasteiger partial charge in [0, 0.05) is 49.0 Å². The van der Waals surface area contributed by atoms with E-state index in [0.717, 1.165) is 47.8 Å².